The van der Waals surface area contributed by atoms with Crippen LogP contribution in [-0.2, 0) is 9.59 Å². The van der Waals surface area contributed by atoms with Gasteiger partial charge in [0.15, 0.2) is 0 Å². The predicted molar refractivity (Wildman–Crippen MR) is 65.1 cm³/mol. The molecule has 4 N–H and O–H groups in total. The standard InChI is InChI=1S/C11H22N4O2/c1-14(6-3-5-12)10(16)8-15-7-2-4-9(15)11(13)17/h9H,2-8,12H2,1H3,(H2,13,17). The minimum atomic E-state index is -0.333. The van der Waals surface area contributed by atoms with Crippen molar-refractivity contribution >= 4 is 11.8 Å². The number of hydrogen-bond acceptors (Lipinski definition) is 4. The van der Waals surface area contributed by atoms with E-state index in [1.807, 2.05) is 4.90 Å². The van der Waals surface area contributed by atoms with Crippen LogP contribution in [0.25, 0.3) is 0 Å². The molecule has 0 aromatic rings. The van der Waals surface area contributed by atoms with Gasteiger partial charge in [-0.3, -0.25) is 14.5 Å². The van der Waals surface area contributed by atoms with E-state index in [0.29, 0.717) is 13.1 Å². The first-order chi connectivity index (χ1) is 8.06. The SMILES string of the molecule is CN(CCCN)C(=O)CN1CCCC1C(N)=O. The van der Waals surface area contributed by atoms with Crippen molar-refractivity contribution in [3.05, 3.63) is 0 Å². The summed E-state index contributed by atoms with van der Waals surface area (Å²) < 4.78 is 0. The second kappa shape index (κ2) is 6.56. The molecule has 0 radical (unpaired) electrons. The van der Waals surface area contributed by atoms with E-state index in [1.165, 1.54) is 0 Å². The lowest BCUT2D eigenvalue weighted by Crippen LogP contribution is -2.45. The molecule has 0 aromatic carbocycles. The maximum absolute atomic E-state index is 11.9. The Morgan fingerprint density at radius 3 is 2.76 bits per heavy atom. The number of likely N-dealkylation sites (tertiary alicyclic amines) is 1. The first-order valence-electron chi connectivity index (χ1n) is 6.03. The average molecular weight is 242 g/mol. The molecule has 0 spiro atoms. The van der Waals surface area contributed by atoms with Crippen molar-refractivity contribution in [3.63, 3.8) is 0 Å². The summed E-state index contributed by atoms with van der Waals surface area (Å²) in [6.45, 7) is 2.27. The monoisotopic (exact) mass is 242 g/mol. The van der Waals surface area contributed by atoms with Gasteiger partial charge in [0.25, 0.3) is 0 Å². The third-order valence-corrected chi connectivity index (χ3v) is 3.15. The summed E-state index contributed by atoms with van der Waals surface area (Å²) >= 11 is 0. The smallest absolute Gasteiger partial charge is 0.236 e. The summed E-state index contributed by atoms with van der Waals surface area (Å²) in [5.74, 6) is -0.313. The number of primary amides is 1. The maximum atomic E-state index is 11.9. The zero-order valence-electron chi connectivity index (χ0n) is 10.4. The highest BCUT2D eigenvalue weighted by Crippen LogP contribution is 2.16. The molecule has 1 saturated heterocycles. The van der Waals surface area contributed by atoms with Crippen molar-refractivity contribution in [2.45, 2.75) is 25.3 Å². The van der Waals surface area contributed by atoms with Gasteiger partial charge in [-0.15, -0.1) is 0 Å². The predicted octanol–water partition coefficient (Wildman–Crippen LogP) is -1.26. The van der Waals surface area contributed by atoms with Gasteiger partial charge in [0.1, 0.15) is 0 Å². The molecule has 0 bridgehead atoms. The van der Waals surface area contributed by atoms with Crippen LogP contribution in [0.2, 0.25) is 0 Å². The van der Waals surface area contributed by atoms with E-state index < -0.39 is 0 Å². The van der Waals surface area contributed by atoms with Crippen LogP contribution in [0, 0.1) is 0 Å². The van der Waals surface area contributed by atoms with Gasteiger partial charge < -0.3 is 16.4 Å². The summed E-state index contributed by atoms with van der Waals surface area (Å²) in [7, 11) is 1.76. The van der Waals surface area contributed by atoms with Crippen LogP contribution in [0.15, 0.2) is 0 Å². The molecule has 1 aliphatic heterocycles. The maximum Gasteiger partial charge on any atom is 0.236 e. The first-order valence-corrected chi connectivity index (χ1v) is 6.03. The number of likely N-dealkylation sites (N-methyl/N-ethyl adjacent to an activating group) is 1. The molecule has 1 rings (SSSR count). The van der Waals surface area contributed by atoms with E-state index in [4.69, 9.17) is 11.5 Å². The van der Waals surface area contributed by atoms with Crippen LogP contribution in [0.3, 0.4) is 0 Å². The topological polar surface area (TPSA) is 92.7 Å². The molecule has 6 heteroatoms. The van der Waals surface area contributed by atoms with Gasteiger partial charge in [0, 0.05) is 13.6 Å². The molecule has 0 aliphatic carbocycles. The van der Waals surface area contributed by atoms with Crippen LogP contribution in [0.5, 0.6) is 0 Å². The van der Waals surface area contributed by atoms with Crippen LogP contribution < -0.4 is 11.5 Å². The van der Waals surface area contributed by atoms with Gasteiger partial charge in [0.2, 0.25) is 11.8 Å². The average Bonchev–Trinajstić information content (AvgIpc) is 2.73. The van der Waals surface area contributed by atoms with E-state index >= 15 is 0 Å². The number of carbonyl (C=O) groups is 2. The Labute approximate surface area is 102 Å². The van der Waals surface area contributed by atoms with Crippen LogP contribution in [0.4, 0.5) is 0 Å². The fraction of sp³-hybridized carbons (Fsp3) is 0.818. The molecule has 6 nitrogen and oxygen atoms in total. The van der Waals surface area contributed by atoms with E-state index in [2.05, 4.69) is 0 Å². The van der Waals surface area contributed by atoms with Gasteiger partial charge in [-0.05, 0) is 32.4 Å². The second-order valence-electron chi connectivity index (χ2n) is 4.49. The first kappa shape index (κ1) is 13.9. The second-order valence-corrected chi connectivity index (χ2v) is 4.49. The molecular weight excluding hydrogens is 220 g/mol. The summed E-state index contributed by atoms with van der Waals surface area (Å²) in [5.41, 5.74) is 10.7. The fourth-order valence-electron chi connectivity index (χ4n) is 2.09. The third-order valence-electron chi connectivity index (χ3n) is 3.15. The highest BCUT2D eigenvalue weighted by atomic mass is 16.2. The largest absolute Gasteiger partial charge is 0.368 e. The highest BCUT2D eigenvalue weighted by molar-refractivity contribution is 5.82. The number of hydrogen-bond donors (Lipinski definition) is 2. The summed E-state index contributed by atoms with van der Waals surface area (Å²) in [6, 6.07) is -0.276. The summed E-state index contributed by atoms with van der Waals surface area (Å²) in [5, 5.41) is 0. The summed E-state index contributed by atoms with van der Waals surface area (Å²) in [4.78, 5) is 26.6. The Bertz CT molecular complexity index is 283. The Kier molecular flexibility index (Phi) is 5.37. The van der Waals surface area contributed by atoms with E-state index in [9.17, 15) is 9.59 Å². The van der Waals surface area contributed by atoms with Crippen molar-refractivity contribution in [2.75, 3.05) is 33.2 Å². The van der Waals surface area contributed by atoms with Gasteiger partial charge in [-0.2, -0.15) is 0 Å². The molecule has 1 aliphatic rings. The summed E-state index contributed by atoms with van der Waals surface area (Å²) in [6.07, 6.45) is 2.48. The molecule has 17 heavy (non-hydrogen) atoms. The fourth-order valence-corrected chi connectivity index (χ4v) is 2.09. The molecule has 2 amide bonds. The molecule has 1 unspecified atom stereocenters. The van der Waals surface area contributed by atoms with Crippen LogP contribution in [0.1, 0.15) is 19.3 Å². The molecule has 98 valence electrons. The quantitative estimate of drug-likeness (QED) is 0.608. The number of rotatable bonds is 6. The lowest BCUT2D eigenvalue weighted by molar-refractivity contribution is -0.132. The number of nitrogens with zero attached hydrogens (tertiary/aromatic N) is 2. The van der Waals surface area contributed by atoms with Gasteiger partial charge in [-0.25, -0.2) is 0 Å². The zero-order valence-corrected chi connectivity index (χ0v) is 10.4. The van der Waals surface area contributed by atoms with Crippen molar-refractivity contribution in [1.29, 1.82) is 0 Å². The Balaban J connectivity index is 2.42. The number of carbonyl (C=O) groups excluding carboxylic acids is 2. The Morgan fingerprint density at radius 1 is 1.47 bits per heavy atom. The lowest BCUT2D eigenvalue weighted by atomic mass is 10.2. The van der Waals surface area contributed by atoms with E-state index in [0.717, 1.165) is 25.8 Å². The van der Waals surface area contributed by atoms with E-state index in [-0.39, 0.29) is 24.4 Å². The van der Waals surface area contributed by atoms with Gasteiger partial charge >= 0.3 is 0 Å². The van der Waals surface area contributed by atoms with Crippen molar-refractivity contribution in [2.24, 2.45) is 11.5 Å². The van der Waals surface area contributed by atoms with Crippen LogP contribution >= 0.6 is 0 Å². The minimum Gasteiger partial charge on any atom is -0.368 e. The van der Waals surface area contributed by atoms with Crippen molar-refractivity contribution in [3.8, 4) is 0 Å². The van der Waals surface area contributed by atoms with Crippen LogP contribution in [-0.4, -0.2) is 60.9 Å². The molecule has 0 saturated carbocycles. The third kappa shape index (κ3) is 3.98. The molecular formula is C11H22N4O2. The molecule has 1 fully saturated rings. The zero-order chi connectivity index (χ0) is 12.8. The van der Waals surface area contributed by atoms with Gasteiger partial charge in [-0.1, -0.05) is 0 Å². The van der Waals surface area contributed by atoms with Crippen molar-refractivity contribution in [1.82, 2.24) is 9.80 Å². The molecule has 0 aromatic heterocycles. The van der Waals surface area contributed by atoms with E-state index in [1.54, 1.807) is 11.9 Å². The lowest BCUT2D eigenvalue weighted by Gasteiger charge is -2.24. The Morgan fingerprint density at radius 2 is 2.18 bits per heavy atom. The molecule has 1 atom stereocenters. The van der Waals surface area contributed by atoms with Gasteiger partial charge in [0.05, 0.1) is 12.6 Å². The Hall–Kier alpha value is -1.14. The number of nitrogens with two attached hydrogens (primary N) is 2. The highest BCUT2D eigenvalue weighted by Gasteiger charge is 2.30. The van der Waals surface area contributed by atoms with Crippen molar-refractivity contribution < 1.29 is 9.59 Å². The minimum absolute atomic E-state index is 0.0200. The normalized spacial score (nSPS) is 20.5. The number of amides is 2. The molecule has 1 heterocycles.